The third kappa shape index (κ3) is 4.07. The van der Waals surface area contributed by atoms with E-state index in [4.69, 9.17) is 4.52 Å². The number of nitrogens with zero attached hydrogens (tertiary/aromatic N) is 3. The summed E-state index contributed by atoms with van der Waals surface area (Å²) in [4.78, 5) is 11.1. The molecule has 0 aliphatic carbocycles. The maximum absolute atomic E-state index is 13.3. The van der Waals surface area contributed by atoms with E-state index >= 15 is 0 Å². The molecule has 0 saturated carbocycles. The van der Waals surface area contributed by atoms with E-state index in [9.17, 15) is 26.3 Å². The van der Waals surface area contributed by atoms with Gasteiger partial charge in [-0.1, -0.05) is 5.16 Å². The Balaban J connectivity index is 1.67. The summed E-state index contributed by atoms with van der Waals surface area (Å²) in [5.41, 5.74) is 0.408. The van der Waals surface area contributed by atoms with E-state index in [-0.39, 0.29) is 17.3 Å². The molecule has 30 heavy (non-hydrogen) atoms. The Bertz CT molecular complexity index is 1200. The topological polar surface area (TPSA) is 76.8 Å². The van der Waals surface area contributed by atoms with E-state index in [2.05, 4.69) is 24.8 Å². The average Bonchev–Trinajstić information content (AvgIpc) is 3.33. The third-order valence-corrected chi connectivity index (χ3v) is 4.03. The Labute approximate surface area is 163 Å². The highest BCUT2D eigenvalue weighted by Crippen LogP contribution is 2.39. The molecule has 0 aliphatic rings. The van der Waals surface area contributed by atoms with Gasteiger partial charge >= 0.3 is 12.4 Å². The first kappa shape index (κ1) is 19.7. The minimum Gasteiger partial charge on any atom is -0.483 e. The Morgan fingerprint density at radius 2 is 1.73 bits per heavy atom. The van der Waals surface area contributed by atoms with Crippen LogP contribution in [0.2, 0.25) is 0 Å². The molecule has 2 aromatic heterocycles. The van der Waals surface area contributed by atoms with Crippen molar-refractivity contribution in [3.63, 3.8) is 0 Å². The van der Waals surface area contributed by atoms with Crippen LogP contribution in [0, 0.1) is 0 Å². The van der Waals surface area contributed by atoms with Gasteiger partial charge in [0, 0.05) is 11.1 Å². The van der Waals surface area contributed by atoms with Crippen molar-refractivity contribution in [2.24, 2.45) is 0 Å². The first-order valence-corrected chi connectivity index (χ1v) is 8.28. The highest BCUT2D eigenvalue weighted by molar-refractivity contribution is 5.80. The molecule has 2 heterocycles. The highest BCUT2D eigenvalue weighted by Gasteiger charge is 2.37. The standard InChI is InChI=1S/C18H10F6N4O2/c19-17(20,21)7-29-14-4-2-10(5-11(14)18(22,23)24)16-27-15(28-30-16)9-1-3-12-13(6-9)26-8-25-12/h1-6,8H,7H2,(H,25,26). The minimum atomic E-state index is -4.95. The van der Waals surface area contributed by atoms with Crippen LogP contribution in [-0.4, -0.2) is 32.9 Å². The molecule has 0 aliphatic heterocycles. The molecule has 1 N–H and O–H groups in total. The zero-order valence-electron chi connectivity index (χ0n) is 14.7. The van der Waals surface area contributed by atoms with Gasteiger partial charge in [-0.2, -0.15) is 31.3 Å². The Kier molecular flexibility index (Phi) is 4.63. The van der Waals surface area contributed by atoms with Gasteiger partial charge in [0.05, 0.1) is 22.9 Å². The number of aromatic amines is 1. The lowest BCUT2D eigenvalue weighted by Gasteiger charge is -2.15. The Morgan fingerprint density at radius 3 is 2.47 bits per heavy atom. The number of nitrogens with one attached hydrogen (secondary N) is 1. The highest BCUT2D eigenvalue weighted by atomic mass is 19.4. The van der Waals surface area contributed by atoms with Gasteiger partial charge in [-0.3, -0.25) is 0 Å². The van der Waals surface area contributed by atoms with Crippen molar-refractivity contribution < 1.29 is 35.6 Å². The molecule has 0 amide bonds. The van der Waals surface area contributed by atoms with Gasteiger partial charge in [-0.15, -0.1) is 0 Å². The van der Waals surface area contributed by atoms with Crippen molar-refractivity contribution in [3.8, 4) is 28.6 Å². The molecule has 0 bridgehead atoms. The number of imidazole rings is 1. The van der Waals surface area contributed by atoms with Gasteiger partial charge in [0.2, 0.25) is 5.82 Å². The van der Waals surface area contributed by atoms with E-state index in [1.807, 2.05) is 0 Å². The second kappa shape index (κ2) is 7.04. The summed E-state index contributed by atoms with van der Waals surface area (Å²) in [5, 5.41) is 3.75. The van der Waals surface area contributed by atoms with Crippen LogP contribution >= 0.6 is 0 Å². The van der Waals surface area contributed by atoms with E-state index in [1.54, 1.807) is 18.2 Å². The fourth-order valence-corrected chi connectivity index (χ4v) is 2.70. The molecule has 0 radical (unpaired) electrons. The maximum Gasteiger partial charge on any atom is 0.422 e. The molecular weight excluding hydrogens is 418 g/mol. The summed E-state index contributed by atoms with van der Waals surface area (Å²) in [5.74, 6) is -1.08. The molecule has 0 atom stereocenters. The Morgan fingerprint density at radius 1 is 0.967 bits per heavy atom. The predicted octanol–water partition coefficient (Wildman–Crippen LogP) is 5.24. The van der Waals surface area contributed by atoms with Crippen LogP contribution in [0.4, 0.5) is 26.3 Å². The van der Waals surface area contributed by atoms with Crippen molar-refractivity contribution in [3.05, 3.63) is 48.3 Å². The molecule has 156 valence electrons. The first-order chi connectivity index (χ1) is 14.1. The predicted molar refractivity (Wildman–Crippen MR) is 91.4 cm³/mol. The molecule has 0 fully saturated rings. The molecule has 4 rings (SSSR count). The quantitative estimate of drug-likeness (QED) is 0.450. The average molecular weight is 428 g/mol. The van der Waals surface area contributed by atoms with E-state index in [0.717, 1.165) is 17.6 Å². The molecule has 2 aromatic carbocycles. The van der Waals surface area contributed by atoms with Crippen LogP contribution in [0.1, 0.15) is 5.56 Å². The first-order valence-electron chi connectivity index (χ1n) is 8.28. The van der Waals surface area contributed by atoms with Gasteiger partial charge in [0.25, 0.3) is 5.89 Å². The fourth-order valence-electron chi connectivity index (χ4n) is 2.70. The van der Waals surface area contributed by atoms with E-state index in [1.165, 1.54) is 6.33 Å². The van der Waals surface area contributed by atoms with Crippen LogP contribution < -0.4 is 4.74 Å². The van der Waals surface area contributed by atoms with Gasteiger partial charge in [-0.25, -0.2) is 4.98 Å². The number of alkyl halides is 6. The van der Waals surface area contributed by atoms with Crippen molar-refractivity contribution in [2.75, 3.05) is 6.61 Å². The van der Waals surface area contributed by atoms with Gasteiger partial charge in [0.1, 0.15) is 5.75 Å². The summed E-state index contributed by atoms with van der Waals surface area (Å²) in [7, 11) is 0. The summed E-state index contributed by atoms with van der Waals surface area (Å²) in [6, 6.07) is 7.54. The number of benzene rings is 2. The number of aromatic nitrogens is 4. The van der Waals surface area contributed by atoms with Crippen molar-refractivity contribution in [2.45, 2.75) is 12.4 Å². The second-order valence-corrected chi connectivity index (χ2v) is 6.17. The van der Waals surface area contributed by atoms with Crippen LogP contribution in [0.15, 0.2) is 47.2 Å². The zero-order chi connectivity index (χ0) is 21.5. The zero-order valence-corrected chi connectivity index (χ0v) is 14.7. The molecule has 4 aromatic rings. The lowest BCUT2D eigenvalue weighted by Crippen LogP contribution is -2.20. The molecular formula is C18H10F6N4O2. The van der Waals surface area contributed by atoms with Crippen LogP contribution in [0.3, 0.4) is 0 Å². The fraction of sp³-hybridized carbons (Fsp3) is 0.167. The largest absolute Gasteiger partial charge is 0.483 e. The van der Waals surface area contributed by atoms with Gasteiger partial charge in [-0.05, 0) is 36.4 Å². The summed E-state index contributed by atoms with van der Waals surface area (Å²) in [6.07, 6.45) is -8.24. The summed E-state index contributed by atoms with van der Waals surface area (Å²) < 4.78 is 86.2. The number of H-pyrrole nitrogens is 1. The smallest absolute Gasteiger partial charge is 0.422 e. The maximum atomic E-state index is 13.3. The van der Waals surface area contributed by atoms with Crippen molar-refractivity contribution >= 4 is 11.0 Å². The number of hydrogen-bond acceptors (Lipinski definition) is 5. The normalized spacial score (nSPS) is 12.5. The van der Waals surface area contributed by atoms with Crippen molar-refractivity contribution in [1.82, 2.24) is 20.1 Å². The van der Waals surface area contributed by atoms with Gasteiger partial charge in [0.15, 0.2) is 6.61 Å². The Hall–Kier alpha value is -3.57. The monoisotopic (exact) mass is 428 g/mol. The summed E-state index contributed by atoms with van der Waals surface area (Å²) >= 11 is 0. The third-order valence-electron chi connectivity index (χ3n) is 4.03. The van der Waals surface area contributed by atoms with Crippen LogP contribution in [0.5, 0.6) is 5.75 Å². The number of fused-ring (bicyclic) bond motifs is 1. The van der Waals surface area contributed by atoms with Gasteiger partial charge < -0.3 is 14.2 Å². The van der Waals surface area contributed by atoms with Crippen LogP contribution in [0.25, 0.3) is 33.9 Å². The van der Waals surface area contributed by atoms with E-state index < -0.39 is 30.3 Å². The molecule has 0 saturated heterocycles. The molecule has 0 spiro atoms. The number of halogens is 6. The minimum absolute atomic E-state index is 0.112. The number of rotatable bonds is 4. The molecule has 12 heteroatoms. The number of ether oxygens (including phenoxy) is 1. The number of hydrogen-bond donors (Lipinski definition) is 1. The lowest BCUT2D eigenvalue weighted by molar-refractivity contribution is -0.158. The SMILES string of the molecule is FC(F)(F)COc1ccc(-c2nc(-c3ccc4[nH]cnc4c3)no2)cc1C(F)(F)F. The second-order valence-electron chi connectivity index (χ2n) is 6.17. The lowest BCUT2D eigenvalue weighted by atomic mass is 10.1. The van der Waals surface area contributed by atoms with Crippen molar-refractivity contribution in [1.29, 1.82) is 0 Å². The summed E-state index contributed by atoms with van der Waals surface area (Å²) in [6.45, 7) is -1.85. The van der Waals surface area contributed by atoms with Crippen LogP contribution in [-0.2, 0) is 6.18 Å². The van der Waals surface area contributed by atoms with E-state index in [0.29, 0.717) is 17.1 Å². The molecule has 6 nitrogen and oxygen atoms in total. The molecule has 0 unspecified atom stereocenters.